The van der Waals surface area contributed by atoms with Gasteiger partial charge in [0.05, 0.1) is 0 Å². The summed E-state index contributed by atoms with van der Waals surface area (Å²) in [7, 11) is 0. The normalized spacial score (nSPS) is 40.0. The summed E-state index contributed by atoms with van der Waals surface area (Å²) in [6.07, 6.45) is 9.02. The highest BCUT2D eigenvalue weighted by molar-refractivity contribution is 9.09. The Hall–Kier alpha value is -0.300. The predicted octanol–water partition coefficient (Wildman–Crippen LogP) is 5.96. The van der Waals surface area contributed by atoms with E-state index >= 15 is 0 Å². The second-order valence-electron chi connectivity index (χ2n) is 8.00. The lowest BCUT2D eigenvalue weighted by molar-refractivity contribution is -0.0529. The van der Waals surface area contributed by atoms with Gasteiger partial charge in [0.15, 0.2) is 0 Å². The Labute approximate surface area is 131 Å². The first-order valence-electron chi connectivity index (χ1n) is 8.27. The van der Waals surface area contributed by atoms with E-state index in [0.717, 1.165) is 17.8 Å². The van der Waals surface area contributed by atoms with Crippen LogP contribution in [0.5, 0.6) is 0 Å². The number of hydrogen-bond acceptors (Lipinski definition) is 0. The predicted molar refractivity (Wildman–Crippen MR) is 88.2 cm³/mol. The van der Waals surface area contributed by atoms with Crippen LogP contribution >= 0.6 is 15.9 Å². The zero-order chi connectivity index (χ0) is 13.9. The molecule has 1 aromatic carbocycles. The van der Waals surface area contributed by atoms with Crippen LogP contribution in [0.4, 0.5) is 0 Å². The number of alkyl halides is 1. The van der Waals surface area contributed by atoms with Crippen molar-refractivity contribution in [1.82, 2.24) is 0 Å². The van der Waals surface area contributed by atoms with E-state index in [1.54, 1.807) is 5.56 Å². The van der Waals surface area contributed by atoms with Crippen LogP contribution in [0.15, 0.2) is 18.2 Å². The molecule has 4 aliphatic carbocycles. The summed E-state index contributed by atoms with van der Waals surface area (Å²) >= 11 is 4.16. The molecule has 4 aliphatic rings. The van der Waals surface area contributed by atoms with E-state index in [2.05, 4.69) is 48.0 Å². The number of halogens is 1. The van der Waals surface area contributed by atoms with Crippen molar-refractivity contribution < 1.29 is 0 Å². The fourth-order valence-electron chi connectivity index (χ4n) is 5.85. The molecule has 1 heteroatoms. The third kappa shape index (κ3) is 2.00. The number of benzene rings is 1. The SMILES string of the molecule is Cc1ccc(C)c(C(Br)C23CC4CC(CC(C4)C2)C3)c1. The molecule has 20 heavy (non-hydrogen) atoms. The maximum Gasteiger partial charge on any atom is 0.0454 e. The van der Waals surface area contributed by atoms with E-state index < -0.39 is 0 Å². The first-order valence-corrected chi connectivity index (χ1v) is 9.18. The van der Waals surface area contributed by atoms with Crippen LogP contribution in [-0.2, 0) is 0 Å². The van der Waals surface area contributed by atoms with Crippen LogP contribution in [0.25, 0.3) is 0 Å². The van der Waals surface area contributed by atoms with Crippen LogP contribution in [-0.4, -0.2) is 0 Å². The van der Waals surface area contributed by atoms with Gasteiger partial charge in [0.1, 0.15) is 0 Å². The topological polar surface area (TPSA) is 0 Å². The molecule has 108 valence electrons. The first kappa shape index (κ1) is 13.4. The Morgan fingerprint density at radius 2 is 1.55 bits per heavy atom. The Bertz CT molecular complexity index is 495. The van der Waals surface area contributed by atoms with Crippen LogP contribution in [0.2, 0.25) is 0 Å². The third-order valence-corrected chi connectivity index (χ3v) is 7.80. The van der Waals surface area contributed by atoms with Gasteiger partial charge in [0.25, 0.3) is 0 Å². The number of hydrogen-bond donors (Lipinski definition) is 0. The molecule has 0 spiro atoms. The van der Waals surface area contributed by atoms with E-state index in [4.69, 9.17) is 0 Å². The van der Waals surface area contributed by atoms with Gasteiger partial charge in [-0.3, -0.25) is 0 Å². The van der Waals surface area contributed by atoms with Gasteiger partial charge < -0.3 is 0 Å². The van der Waals surface area contributed by atoms with Gasteiger partial charge in [-0.15, -0.1) is 0 Å². The summed E-state index contributed by atoms with van der Waals surface area (Å²) in [6.45, 7) is 4.51. The zero-order valence-corrected chi connectivity index (χ0v) is 14.2. The molecule has 4 fully saturated rings. The summed E-state index contributed by atoms with van der Waals surface area (Å²) in [5.74, 6) is 3.10. The minimum absolute atomic E-state index is 0.563. The lowest BCUT2D eigenvalue weighted by Crippen LogP contribution is -2.47. The van der Waals surface area contributed by atoms with Crippen LogP contribution in [0.1, 0.15) is 60.0 Å². The molecule has 5 rings (SSSR count). The minimum Gasteiger partial charge on any atom is -0.0833 e. The molecule has 0 heterocycles. The molecule has 0 amide bonds. The summed E-state index contributed by atoms with van der Waals surface area (Å²) in [4.78, 5) is 0.572. The van der Waals surface area contributed by atoms with Crippen LogP contribution in [0.3, 0.4) is 0 Å². The van der Waals surface area contributed by atoms with Gasteiger partial charge in [0.2, 0.25) is 0 Å². The molecule has 1 unspecified atom stereocenters. The smallest absolute Gasteiger partial charge is 0.0454 e. The van der Waals surface area contributed by atoms with E-state index in [9.17, 15) is 0 Å². The van der Waals surface area contributed by atoms with Crippen molar-refractivity contribution in [3.8, 4) is 0 Å². The molecule has 1 atom stereocenters. The fraction of sp³-hybridized carbons (Fsp3) is 0.684. The summed E-state index contributed by atoms with van der Waals surface area (Å²) in [5.41, 5.74) is 4.99. The van der Waals surface area contributed by atoms with Crippen molar-refractivity contribution in [3.05, 3.63) is 34.9 Å². The summed E-state index contributed by atoms with van der Waals surface area (Å²) in [6, 6.07) is 6.98. The van der Waals surface area contributed by atoms with Gasteiger partial charge in [-0.1, -0.05) is 39.7 Å². The van der Waals surface area contributed by atoms with Gasteiger partial charge in [-0.25, -0.2) is 0 Å². The van der Waals surface area contributed by atoms with Crippen molar-refractivity contribution in [1.29, 1.82) is 0 Å². The van der Waals surface area contributed by atoms with E-state index in [1.165, 1.54) is 49.7 Å². The first-order chi connectivity index (χ1) is 9.56. The molecule has 0 N–H and O–H groups in total. The quantitative estimate of drug-likeness (QED) is 0.586. The second-order valence-corrected chi connectivity index (χ2v) is 8.92. The molecule has 1 aromatic rings. The maximum absolute atomic E-state index is 4.16. The Morgan fingerprint density at radius 1 is 1.00 bits per heavy atom. The van der Waals surface area contributed by atoms with E-state index in [1.807, 2.05) is 0 Å². The standard InChI is InChI=1S/C19H25Br/c1-12-3-4-13(2)17(5-12)18(20)19-9-14-6-15(10-19)8-16(7-14)11-19/h3-5,14-16,18H,6-11H2,1-2H3. The highest BCUT2D eigenvalue weighted by Crippen LogP contribution is 2.66. The van der Waals surface area contributed by atoms with Gasteiger partial charge in [0, 0.05) is 4.83 Å². The van der Waals surface area contributed by atoms with Gasteiger partial charge >= 0.3 is 0 Å². The third-order valence-electron chi connectivity index (χ3n) is 6.33. The highest BCUT2D eigenvalue weighted by Gasteiger charge is 2.54. The van der Waals surface area contributed by atoms with Gasteiger partial charge in [-0.2, -0.15) is 0 Å². The summed E-state index contributed by atoms with van der Waals surface area (Å²) in [5, 5.41) is 0. The molecule has 4 saturated carbocycles. The van der Waals surface area contributed by atoms with Crippen molar-refractivity contribution in [2.45, 2.75) is 57.2 Å². The average molecular weight is 333 g/mol. The molecule has 4 bridgehead atoms. The largest absolute Gasteiger partial charge is 0.0833 e. The Kier molecular flexibility index (Phi) is 3.07. The van der Waals surface area contributed by atoms with Crippen molar-refractivity contribution >= 4 is 15.9 Å². The monoisotopic (exact) mass is 332 g/mol. The lowest BCUT2D eigenvalue weighted by atomic mass is 9.48. The molecule has 0 saturated heterocycles. The number of aryl methyl sites for hydroxylation is 2. The Morgan fingerprint density at radius 3 is 2.10 bits per heavy atom. The van der Waals surface area contributed by atoms with Crippen LogP contribution < -0.4 is 0 Å². The number of rotatable bonds is 2. The molecule has 0 nitrogen and oxygen atoms in total. The fourth-order valence-corrected chi connectivity index (χ4v) is 6.90. The molecule has 0 aromatic heterocycles. The molecular weight excluding hydrogens is 308 g/mol. The molecular formula is C19H25Br. The van der Waals surface area contributed by atoms with Gasteiger partial charge in [-0.05, 0) is 86.7 Å². The zero-order valence-electron chi connectivity index (χ0n) is 12.7. The van der Waals surface area contributed by atoms with E-state index in [-0.39, 0.29) is 0 Å². The van der Waals surface area contributed by atoms with Crippen molar-refractivity contribution in [3.63, 3.8) is 0 Å². The van der Waals surface area contributed by atoms with E-state index in [0.29, 0.717) is 10.2 Å². The molecule has 0 aliphatic heterocycles. The minimum atomic E-state index is 0.563. The second kappa shape index (κ2) is 4.60. The summed E-state index contributed by atoms with van der Waals surface area (Å²) < 4.78 is 0. The van der Waals surface area contributed by atoms with Crippen molar-refractivity contribution in [2.24, 2.45) is 23.2 Å². The lowest BCUT2D eigenvalue weighted by Gasteiger charge is -2.58. The maximum atomic E-state index is 4.16. The Balaban J connectivity index is 1.71. The highest BCUT2D eigenvalue weighted by atomic mass is 79.9. The average Bonchev–Trinajstić information content (AvgIpc) is 2.39. The van der Waals surface area contributed by atoms with Crippen molar-refractivity contribution in [2.75, 3.05) is 0 Å². The van der Waals surface area contributed by atoms with Crippen LogP contribution in [0, 0.1) is 37.0 Å². The molecule has 0 radical (unpaired) electrons.